The smallest absolute Gasteiger partial charge is 0.149 e. The van der Waals surface area contributed by atoms with E-state index in [4.69, 9.17) is 5.73 Å². The van der Waals surface area contributed by atoms with Gasteiger partial charge in [-0.1, -0.05) is 13.2 Å². The monoisotopic (exact) mass is 162 g/mol. The highest BCUT2D eigenvalue weighted by Crippen LogP contribution is 1.83. The van der Waals surface area contributed by atoms with E-state index in [0.29, 0.717) is 5.82 Å². The van der Waals surface area contributed by atoms with Gasteiger partial charge in [-0.2, -0.15) is 0 Å². The van der Waals surface area contributed by atoms with Gasteiger partial charge in [-0.15, -0.1) is 10.2 Å². The van der Waals surface area contributed by atoms with E-state index in [0.717, 1.165) is 0 Å². The summed E-state index contributed by atoms with van der Waals surface area (Å²) in [6, 6.07) is 1.58. The molecule has 0 aliphatic heterocycles. The number of anilines is 1. The van der Waals surface area contributed by atoms with E-state index < -0.39 is 0 Å². The SMILES string of the molecule is BBBCC.Nc1ccnnn1. The molecule has 0 aliphatic carbocycles. The molecular weight excluding hydrogens is 149 g/mol. The Hall–Kier alpha value is -0.995. The zero-order chi connectivity index (χ0) is 9.23. The normalized spacial score (nSPS) is 7.75. The summed E-state index contributed by atoms with van der Waals surface area (Å²) >= 11 is 0. The van der Waals surface area contributed by atoms with Crippen molar-refractivity contribution in [1.29, 1.82) is 0 Å². The summed E-state index contributed by atoms with van der Waals surface area (Å²) in [6.07, 6.45) is 2.83. The van der Waals surface area contributed by atoms with Gasteiger partial charge in [0.1, 0.15) is 5.82 Å². The number of hydrogen-bond donors (Lipinski definition) is 1. The van der Waals surface area contributed by atoms with E-state index in [9.17, 15) is 0 Å². The van der Waals surface area contributed by atoms with E-state index in [1.807, 2.05) is 0 Å². The molecule has 0 radical (unpaired) electrons. The molecule has 1 aromatic heterocycles. The van der Waals surface area contributed by atoms with Crippen LogP contribution in [0, 0.1) is 0 Å². The fraction of sp³-hybridized carbons (Fsp3) is 0.400. The highest BCUT2D eigenvalue weighted by atomic mass is 15.3. The molecule has 0 unspecified atom stereocenters. The van der Waals surface area contributed by atoms with Crippen molar-refractivity contribution in [3.05, 3.63) is 12.3 Å². The molecule has 62 valence electrons. The minimum Gasteiger partial charge on any atom is -0.382 e. The van der Waals surface area contributed by atoms with Crippen molar-refractivity contribution in [3.63, 3.8) is 0 Å². The summed E-state index contributed by atoms with van der Waals surface area (Å²) in [5.74, 6) is 0.398. The van der Waals surface area contributed by atoms with Crippen molar-refractivity contribution in [1.82, 2.24) is 15.4 Å². The summed E-state index contributed by atoms with van der Waals surface area (Å²) in [4.78, 5) is 0. The molecule has 0 amide bonds. The van der Waals surface area contributed by atoms with E-state index in [-0.39, 0.29) is 0 Å². The Morgan fingerprint density at radius 1 is 1.67 bits per heavy atom. The van der Waals surface area contributed by atoms with Gasteiger partial charge in [-0.25, -0.2) is 0 Å². The van der Waals surface area contributed by atoms with Crippen molar-refractivity contribution in [2.45, 2.75) is 13.2 Å². The molecule has 1 aromatic rings. The first-order valence-electron chi connectivity index (χ1n) is 4.21. The van der Waals surface area contributed by atoms with Crippen LogP contribution in [-0.2, 0) is 0 Å². The average Bonchev–Trinajstić information content (AvgIpc) is 2.08. The molecule has 0 saturated carbocycles. The maximum atomic E-state index is 5.14. The number of rotatable bonds is 2. The Kier molecular flexibility index (Phi) is 7.43. The first-order chi connectivity index (χ1) is 5.81. The first kappa shape index (κ1) is 11.0. The lowest BCUT2D eigenvalue weighted by Crippen LogP contribution is -1.98. The topological polar surface area (TPSA) is 64.7 Å². The molecule has 4 nitrogen and oxygen atoms in total. The standard InChI is InChI=1S/C3H4N4.C2H9B3/c4-3-1-2-5-7-6-3;1-2-4-5-3/h1-2H,(H2,4,5,6);4-5H,2-3H2,1H3. The summed E-state index contributed by atoms with van der Waals surface area (Å²) < 4.78 is 0. The average molecular weight is 162 g/mol. The quantitative estimate of drug-likeness (QED) is 0.521. The summed E-state index contributed by atoms with van der Waals surface area (Å²) in [5, 5.41) is 10.1. The highest BCUT2D eigenvalue weighted by molar-refractivity contribution is 7.23. The molecular formula is C5H13B3N4. The second kappa shape index (κ2) is 8.10. The zero-order valence-electron chi connectivity index (χ0n) is 7.70. The fourth-order valence-corrected chi connectivity index (χ4v) is 0.604. The van der Waals surface area contributed by atoms with Crippen molar-refractivity contribution < 1.29 is 0 Å². The Morgan fingerprint density at radius 2 is 2.42 bits per heavy atom. The molecule has 1 rings (SSSR count). The molecule has 0 fully saturated rings. The lowest BCUT2D eigenvalue weighted by atomic mass is 9.27. The van der Waals surface area contributed by atoms with Gasteiger partial charge in [0.05, 0.1) is 28.2 Å². The molecule has 0 spiro atoms. The molecule has 0 atom stereocenters. The minimum atomic E-state index is 0.398. The Morgan fingerprint density at radius 3 is 2.58 bits per heavy atom. The number of nitrogens with two attached hydrogens (primary N) is 1. The maximum Gasteiger partial charge on any atom is 0.149 e. The van der Waals surface area contributed by atoms with Gasteiger partial charge in [0, 0.05) is 6.07 Å². The fourth-order valence-electron chi connectivity index (χ4n) is 0.604. The van der Waals surface area contributed by atoms with E-state index in [1.165, 1.54) is 26.7 Å². The molecule has 7 heteroatoms. The second-order valence-electron chi connectivity index (χ2n) is 2.40. The van der Waals surface area contributed by atoms with Gasteiger partial charge >= 0.3 is 0 Å². The largest absolute Gasteiger partial charge is 0.382 e. The zero-order valence-corrected chi connectivity index (χ0v) is 7.70. The Labute approximate surface area is 75.2 Å². The predicted octanol–water partition coefficient (Wildman–Crippen LogP) is -1.79. The lowest BCUT2D eigenvalue weighted by Gasteiger charge is -1.80. The van der Waals surface area contributed by atoms with Crippen molar-refractivity contribution in [2.24, 2.45) is 0 Å². The van der Waals surface area contributed by atoms with Gasteiger partial charge in [0.25, 0.3) is 0 Å². The third-order valence-corrected chi connectivity index (χ3v) is 1.23. The molecule has 0 aliphatic rings. The van der Waals surface area contributed by atoms with Crippen LogP contribution in [0.4, 0.5) is 5.82 Å². The van der Waals surface area contributed by atoms with Crippen LogP contribution in [0.1, 0.15) is 6.92 Å². The van der Waals surface area contributed by atoms with E-state index in [1.54, 1.807) is 6.07 Å². The van der Waals surface area contributed by atoms with Crippen LogP contribution in [0.25, 0.3) is 0 Å². The van der Waals surface area contributed by atoms with E-state index in [2.05, 4.69) is 30.1 Å². The van der Waals surface area contributed by atoms with Gasteiger partial charge < -0.3 is 5.73 Å². The first-order valence-corrected chi connectivity index (χ1v) is 4.21. The molecule has 0 aromatic carbocycles. The highest BCUT2D eigenvalue weighted by Gasteiger charge is 1.76. The van der Waals surface area contributed by atoms with Crippen molar-refractivity contribution >= 4 is 27.8 Å². The van der Waals surface area contributed by atoms with Crippen LogP contribution in [0.15, 0.2) is 12.3 Å². The predicted molar refractivity (Wildman–Crippen MR) is 57.6 cm³/mol. The lowest BCUT2D eigenvalue weighted by molar-refractivity contribution is 0.873. The molecule has 0 saturated heterocycles. The van der Waals surface area contributed by atoms with Crippen LogP contribution in [0.3, 0.4) is 0 Å². The molecule has 12 heavy (non-hydrogen) atoms. The molecule has 2 N–H and O–H groups in total. The van der Waals surface area contributed by atoms with Crippen molar-refractivity contribution in [3.8, 4) is 0 Å². The maximum absolute atomic E-state index is 5.14. The Balaban J connectivity index is 0.000000217. The second-order valence-corrected chi connectivity index (χ2v) is 2.40. The van der Waals surface area contributed by atoms with Crippen LogP contribution >= 0.6 is 0 Å². The summed E-state index contributed by atoms with van der Waals surface area (Å²) in [5.41, 5.74) is 5.14. The van der Waals surface area contributed by atoms with Crippen molar-refractivity contribution in [2.75, 3.05) is 5.73 Å². The van der Waals surface area contributed by atoms with E-state index >= 15 is 0 Å². The van der Waals surface area contributed by atoms with Crippen LogP contribution in [0.5, 0.6) is 0 Å². The molecule has 1 heterocycles. The van der Waals surface area contributed by atoms with Crippen LogP contribution < -0.4 is 5.73 Å². The van der Waals surface area contributed by atoms with Gasteiger partial charge in [-0.3, -0.25) is 0 Å². The summed E-state index contributed by atoms with van der Waals surface area (Å²) in [7, 11) is 4.94. The third kappa shape index (κ3) is 7.12. The minimum absolute atomic E-state index is 0.398. The van der Waals surface area contributed by atoms with Gasteiger partial charge in [0.15, 0.2) is 0 Å². The Bertz CT molecular complexity index is 181. The van der Waals surface area contributed by atoms with Gasteiger partial charge in [-0.05, 0) is 5.21 Å². The number of hydrogen-bond acceptors (Lipinski definition) is 4. The van der Waals surface area contributed by atoms with Crippen LogP contribution in [-0.4, -0.2) is 37.4 Å². The number of nitrogen functional groups attached to an aromatic ring is 1. The third-order valence-electron chi connectivity index (χ3n) is 1.23. The number of nitrogens with zero attached hydrogens (tertiary/aromatic N) is 3. The van der Waals surface area contributed by atoms with Crippen LogP contribution in [0.2, 0.25) is 6.32 Å². The number of aromatic nitrogens is 3. The summed E-state index contributed by atoms with van der Waals surface area (Å²) in [6.45, 7) is 2.21. The molecule has 0 bridgehead atoms. The van der Waals surface area contributed by atoms with Gasteiger partial charge in [0.2, 0.25) is 0 Å².